The van der Waals surface area contributed by atoms with Gasteiger partial charge >= 0.3 is 5.97 Å². The molecule has 2 aromatic rings. The topological polar surface area (TPSA) is 73.9 Å². The van der Waals surface area contributed by atoms with Crippen molar-refractivity contribution in [2.75, 3.05) is 19.0 Å². The number of carbonyl (C=O) groups excluding carboxylic acids is 2. The van der Waals surface area contributed by atoms with Gasteiger partial charge in [-0.2, -0.15) is 0 Å². The molecule has 2 unspecified atom stereocenters. The first-order chi connectivity index (χ1) is 14.4. The van der Waals surface area contributed by atoms with E-state index in [0.29, 0.717) is 24.0 Å². The Bertz CT molecular complexity index is 893. The van der Waals surface area contributed by atoms with Crippen LogP contribution >= 0.6 is 0 Å². The van der Waals surface area contributed by atoms with Crippen molar-refractivity contribution >= 4 is 17.6 Å². The Balaban J connectivity index is 2.07. The molecule has 0 saturated heterocycles. The van der Waals surface area contributed by atoms with Gasteiger partial charge in [-0.15, -0.1) is 0 Å². The van der Waals surface area contributed by atoms with E-state index in [4.69, 9.17) is 14.2 Å². The molecule has 0 bridgehead atoms. The highest BCUT2D eigenvalue weighted by molar-refractivity contribution is 5.98. The number of rotatable bonds is 10. The fourth-order valence-corrected chi connectivity index (χ4v) is 2.84. The van der Waals surface area contributed by atoms with Crippen molar-refractivity contribution in [3.8, 4) is 11.5 Å². The lowest BCUT2D eigenvalue weighted by atomic mass is 9.97. The van der Waals surface area contributed by atoms with Crippen LogP contribution in [0.5, 0.6) is 11.5 Å². The lowest BCUT2D eigenvalue weighted by molar-refractivity contribution is -0.123. The summed E-state index contributed by atoms with van der Waals surface area (Å²) in [7, 11) is 1.48. The summed E-state index contributed by atoms with van der Waals surface area (Å²) in [6.07, 6.45) is 1.60. The molecule has 2 aromatic carbocycles. The molecule has 6 nitrogen and oxygen atoms in total. The third-order valence-corrected chi connectivity index (χ3v) is 4.77. The van der Waals surface area contributed by atoms with Gasteiger partial charge in [-0.25, -0.2) is 4.79 Å². The van der Waals surface area contributed by atoms with E-state index in [2.05, 4.69) is 25.7 Å². The van der Waals surface area contributed by atoms with Crippen molar-refractivity contribution in [3.63, 3.8) is 0 Å². The van der Waals surface area contributed by atoms with Gasteiger partial charge < -0.3 is 19.5 Å². The maximum atomic E-state index is 12.6. The first-order valence-electron chi connectivity index (χ1n) is 9.93. The minimum Gasteiger partial charge on any atom is -0.493 e. The molecule has 0 aliphatic carbocycles. The Hall–Kier alpha value is -3.28. The van der Waals surface area contributed by atoms with Crippen LogP contribution in [0.4, 0.5) is 5.69 Å². The number of carbonyl (C=O) groups is 2. The van der Waals surface area contributed by atoms with Crippen molar-refractivity contribution in [2.24, 2.45) is 0 Å². The first-order valence-corrected chi connectivity index (χ1v) is 9.93. The molecule has 1 amide bonds. The van der Waals surface area contributed by atoms with Crippen LogP contribution in [-0.4, -0.2) is 31.7 Å². The van der Waals surface area contributed by atoms with Gasteiger partial charge in [0.2, 0.25) is 0 Å². The molecule has 0 heterocycles. The molecule has 0 aromatic heterocycles. The van der Waals surface area contributed by atoms with Gasteiger partial charge in [0.25, 0.3) is 5.91 Å². The fraction of sp³-hybridized carbons (Fsp3) is 0.333. The Morgan fingerprint density at radius 1 is 1.13 bits per heavy atom. The van der Waals surface area contributed by atoms with E-state index in [1.165, 1.54) is 20.1 Å². The number of methoxy groups -OCH3 is 1. The van der Waals surface area contributed by atoms with Crippen LogP contribution in [0, 0.1) is 0 Å². The zero-order valence-corrected chi connectivity index (χ0v) is 17.9. The predicted molar refractivity (Wildman–Crippen MR) is 117 cm³/mol. The van der Waals surface area contributed by atoms with Gasteiger partial charge in [0.05, 0.1) is 12.7 Å². The van der Waals surface area contributed by atoms with E-state index in [0.717, 1.165) is 17.7 Å². The summed E-state index contributed by atoms with van der Waals surface area (Å²) in [6.45, 7) is 9.65. The van der Waals surface area contributed by atoms with Gasteiger partial charge in [0, 0.05) is 5.69 Å². The summed E-state index contributed by atoms with van der Waals surface area (Å²) in [5.74, 6) is 0.166. The first kappa shape index (κ1) is 23.0. The zero-order chi connectivity index (χ0) is 22.1. The van der Waals surface area contributed by atoms with Gasteiger partial charge in [0.15, 0.2) is 17.6 Å². The average molecular weight is 411 g/mol. The Kier molecular flexibility index (Phi) is 8.47. The maximum absolute atomic E-state index is 12.6. The number of ether oxygens (including phenoxy) is 3. The average Bonchev–Trinajstić information content (AvgIpc) is 2.77. The summed E-state index contributed by atoms with van der Waals surface area (Å²) in [6, 6.07) is 12.3. The van der Waals surface area contributed by atoms with E-state index in [1.54, 1.807) is 18.2 Å². The second-order valence-corrected chi connectivity index (χ2v) is 6.90. The highest BCUT2D eigenvalue weighted by Gasteiger charge is 2.21. The summed E-state index contributed by atoms with van der Waals surface area (Å²) in [5.41, 5.74) is 2.04. The molecule has 6 heteroatoms. The quantitative estimate of drug-likeness (QED) is 0.442. The standard InChI is InChI=1S/C24H29NO5/c1-6-14-29-21-13-12-18(15-22(21)28-5)24(27)30-17(4)23(26)25-20-11-9-8-10-19(20)16(3)7-2/h6,8-13,15-17H,1,7,14H2,2-5H3,(H,25,26). The van der Waals surface area contributed by atoms with Crippen molar-refractivity contribution in [2.45, 2.75) is 39.2 Å². The molecule has 30 heavy (non-hydrogen) atoms. The molecule has 160 valence electrons. The number of hydrogen-bond donors (Lipinski definition) is 1. The maximum Gasteiger partial charge on any atom is 0.339 e. The molecule has 0 saturated carbocycles. The third kappa shape index (κ3) is 5.86. The molecule has 2 atom stereocenters. The van der Waals surface area contributed by atoms with Gasteiger partial charge in [-0.1, -0.05) is 44.7 Å². The van der Waals surface area contributed by atoms with Crippen LogP contribution in [0.15, 0.2) is 55.1 Å². The molecule has 0 spiro atoms. The van der Waals surface area contributed by atoms with Crippen LogP contribution in [0.2, 0.25) is 0 Å². The highest BCUT2D eigenvalue weighted by atomic mass is 16.5. The monoisotopic (exact) mass is 411 g/mol. The van der Waals surface area contributed by atoms with Crippen LogP contribution in [0.1, 0.15) is 49.0 Å². The summed E-state index contributed by atoms with van der Waals surface area (Å²) >= 11 is 0. The van der Waals surface area contributed by atoms with Gasteiger partial charge in [0.1, 0.15) is 6.61 Å². The lowest BCUT2D eigenvalue weighted by Crippen LogP contribution is -2.30. The number of anilines is 1. The third-order valence-electron chi connectivity index (χ3n) is 4.77. The molecule has 2 rings (SSSR count). The van der Waals surface area contributed by atoms with E-state index >= 15 is 0 Å². The van der Waals surface area contributed by atoms with Crippen LogP contribution in [-0.2, 0) is 9.53 Å². The predicted octanol–water partition coefficient (Wildman–Crippen LogP) is 4.96. The van der Waals surface area contributed by atoms with Crippen LogP contribution in [0.25, 0.3) is 0 Å². The summed E-state index contributed by atoms with van der Waals surface area (Å²) in [5, 5.41) is 2.87. The Labute approximate surface area is 177 Å². The normalized spacial score (nSPS) is 12.4. The Morgan fingerprint density at radius 3 is 2.53 bits per heavy atom. The van der Waals surface area contributed by atoms with Crippen molar-refractivity contribution in [3.05, 3.63) is 66.2 Å². The highest BCUT2D eigenvalue weighted by Crippen LogP contribution is 2.29. The zero-order valence-electron chi connectivity index (χ0n) is 17.9. The van der Waals surface area contributed by atoms with Crippen molar-refractivity contribution in [1.82, 2.24) is 0 Å². The molecule has 0 fully saturated rings. The second-order valence-electron chi connectivity index (χ2n) is 6.90. The van der Waals surface area contributed by atoms with Crippen LogP contribution in [0.3, 0.4) is 0 Å². The molecule has 0 radical (unpaired) electrons. The second kappa shape index (κ2) is 11.0. The smallest absolute Gasteiger partial charge is 0.339 e. The molecular weight excluding hydrogens is 382 g/mol. The molecule has 0 aliphatic rings. The molecule has 1 N–H and O–H groups in total. The minimum absolute atomic E-state index is 0.262. The number of nitrogens with one attached hydrogen (secondary N) is 1. The van der Waals surface area contributed by atoms with Crippen molar-refractivity contribution in [1.29, 1.82) is 0 Å². The van der Waals surface area contributed by atoms with E-state index in [-0.39, 0.29) is 5.56 Å². The lowest BCUT2D eigenvalue weighted by Gasteiger charge is -2.18. The number of benzene rings is 2. The molecule has 0 aliphatic heterocycles. The Morgan fingerprint density at radius 2 is 1.87 bits per heavy atom. The largest absolute Gasteiger partial charge is 0.493 e. The summed E-state index contributed by atoms with van der Waals surface area (Å²) < 4.78 is 16.1. The van der Waals surface area contributed by atoms with E-state index in [9.17, 15) is 9.59 Å². The van der Waals surface area contributed by atoms with E-state index in [1.807, 2.05) is 24.3 Å². The van der Waals surface area contributed by atoms with Crippen LogP contribution < -0.4 is 14.8 Å². The number of amides is 1. The number of para-hydroxylation sites is 1. The van der Waals surface area contributed by atoms with Gasteiger partial charge in [-0.3, -0.25) is 4.79 Å². The summed E-state index contributed by atoms with van der Waals surface area (Å²) in [4.78, 5) is 25.1. The molecular formula is C24H29NO5. The number of hydrogen-bond acceptors (Lipinski definition) is 5. The SMILES string of the molecule is C=CCOc1ccc(C(=O)OC(C)C(=O)Nc2ccccc2C(C)CC)cc1OC. The van der Waals surface area contributed by atoms with Gasteiger partial charge in [-0.05, 0) is 49.1 Å². The van der Waals surface area contributed by atoms with Crippen molar-refractivity contribution < 1.29 is 23.8 Å². The van der Waals surface area contributed by atoms with E-state index < -0.39 is 18.0 Å². The fourth-order valence-electron chi connectivity index (χ4n) is 2.84. The minimum atomic E-state index is -0.967. The number of esters is 1.